The zero-order chi connectivity index (χ0) is 14.8. The van der Waals surface area contributed by atoms with Crippen LogP contribution in [0.1, 0.15) is 56.9 Å². The maximum absolute atomic E-state index is 13.9. The van der Waals surface area contributed by atoms with Crippen molar-refractivity contribution in [2.24, 2.45) is 11.3 Å². The van der Waals surface area contributed by atoms with E-state index in [1.165, 1.54) is 26.0 Å². The number of hydrogen-bond donors (Lipinski definition) is 0. The third-order valence-electron chi connectivity index (χ3n) is 4.42. The average molecular weight is 299 g/mol. The molecule has 1 aliphatic carbocycles. The van der Waals surface area contributed by atoms with Gasteiger partial charge in [0.2, 0.25) is 0 Å². The van der Waals surface area contributed by atoms with E-state index in [0.717, 1.165) is 24.8 Å². The first-order chi connectivity index (χ1) is 9.48. The summed E-state index contributed by atoms with van der Waals surface area (Å²) in [5.74, 6) is 0.563. The second-order valence-electron chi connectivity index (χ2n) is 6.42. The van der Waals surface area contributed by atoms with Gasteiger partial charge in [0.1, 0.15) is 0 Å². The normalized spacial score (nSPS) is 19.3. The monoisotopic (exact) mass is 298 g/mol. The lowest BCUT2D eigenvalue weighted by Gasteiger charge is -2.36. The molecular weight excluding hydrogens is 275 g/mol. The van der Waals surface area contributed by atoms with Crippen molar-refractivity contribution in [3.63, 3.8) is 0 Å². The van der Waals surface area contributed by atoms with Crippen LogP contribution in [0.25, 0.3) is 0 Å². The highest BCUT2D eigenvalue weighted by molar-refractivity contribution is 6.21. The van der Waals surface area contributed by atoms with E-state index in [0.29, 0.717) is 5.92 Å². The van der Waals surface area contributed by atoms with Crippen LogP contribution in [-0.4, -0.2) is 7.11 Å². The zero-order valence-corrected chi connectivity index (χ0v) is 13.3. The van der Waals surface area contributed by atoms with Crippen molar-refractivity contribution < 1.29 is 9.13 Å². The Morgan fingerprint density at radius 2 is 1.95 bits per heavy atom. The maximum atomic E-state index is 13.9. The molecule has 0 amide bonds. The number of halogens is 2. The summed E-state index contributed by atoms with van der Waals surface area (Å²) >= 11 is 6.77. The fraction of sp³-hybridized carbons (Fsp3) is 0.647. The lowest BCUT2D eigenvalue weighted by atomic mass is 9.73. The van der Waals surface area contributed by atoms with E-state index in [2.05, 4.69) is 13.8 Å². The van der Waals surface area contributed by atoms with Gasteiger partial charge in [0.05, 0.1) is 12.5 Å². The quantitative estimate of drug-likeness (QED) is 0.632. The van der Waals surface area contributed by atoms with Gasteiger partial charge in [0, 0.05) is 0 Å². The number of hydrogen-bond acceptors (Lipinski definition) is 1. The molecule has 1 saturated carbocycles. The second-order valence-corrected chi connectivity index (χ2v) is 6.86. The van der Waals surface area contributed by atoms with Gasteiger partial charge < -0.3 is 4.74 Å². The van der Waals surface area contributed by atoms with Crippen LogP contribution in [0.2, 0.25) is 0 Å². The Hall–Kier alpha value is -0.760. The summed E-state index contributed by atoms with van der Waals surface area (Å²) < 4.78 is 18.9. The molecule has 1 aromatic carbocycles. The Balaban J connectivity index is 2.27. The standard InChI is InChI=1S/C17H24ClFO/c1-12(2)11-17(8-4-5-9-17)16(18)13-6-7-15(20-3)14(19)10-13/h6-7,10,12,16H,4-5,8-9,11H2,1-3H3. The molecule has 3 heteroatoms. The van der Waals surface area contributed by atoms with Crippen LogP contribution in [0.4, 0.5) is 4.39 Å². The zero-order valence-electron chi connectivity index (χ0n) is 12.6. The number of methoxy groups -OCH3 is 1. The van der Waals surface area contributed by atoms with Gasteiger partial charge in [0.15, 0.2) is 11.6 Å². The van der Waals surface area contributed by atoms with E-state index in [1.807, 2.05) is 6.07 Å². The summed E-state index contributed by atoms with van der Waals surface area (Å²) in [5.41, 5.74) is 1.00. The fourth-order valence-electron chi connectivity index (χ4n) is 3.65. The van der Waals surface area contributed by atoms with Gasteiger partial charge in [-0.25, -0.2) is 4.39 Å². The highest BCUT2D eigenvalue weighted by Gasteiger charge is 2.41. The summed E-state index contributed by atoms with van der Waals surface area (Å²) in [6.45, 7) is 4.47. The summed E-state index contributed by atoms with van der Waals surface area (Å²) in [7, 11) is 1.48. The van der Waals surface area contributed by atoms with Crippen LogP contribution < -0.4 is 4.74 Å². The maximum Gasteiger partial charge on any atom is 0.165 e. The van der Waals surface area contributed by atoms with Gasteiger partial charge in [-0.05, 0) is 48.3 Å². The van der Waals surface area contributed by atoms with Crippen LogP contribution in [0.15, 0.2) is 18.2 Å². The summed E-state index contributed by atoms with van der Waals surface area (Å²) in [4.78, 5) is 0. The minimum Gasteiger partial charge on any atom is -0.494 e. The molecule has 1 atom stereocenters. The highest BCUT2D eigenvalue weighted by atomic mass is 35.5. The summed E-state index contributed by atoms with van der Waals surface area (Å²) in [6, 6.07) is 5.12. The van der Waals surface area contributed by atoms with E-state index in [-0.39, 0.29) is 22.4 Å². The summed E-state index contributed by atoms with van der Waals surface area (Å²) in [5, 5.41) is -0.118. The van der Waals surface area contributed by atoms with Crippen LogP contribution in [-0.2, 0) is 0 Å². The van der Waals surface area contributed by atoms with Crippen LogP contribution in [0.3, 0.4) is 0 Å². The van der Waals surface area contributed by atoms with Crippen molar-refractivity contribution in [3.8, 4) is 5.75 Å². The molecule has 0 N–H and O–H groups in total. The number of alkyl halides is 1. The molecule has 0 aromatic heterocycles. The first-order valence-electron chi connectivity index (χ1n) is 7.46. The van der Waals surface area contributed by atoms with Gasteiger partial charge in [-0.3, -0.25) is 0 Å². The van der Waals surface area contributed by atoms with E-state index in [1.54, 1.807) is 6.07 Å². The summed E-state index contributed by atoms with van der Waals surface area (Å²) in [6.07, 6.45) is 5.86. The third-order valence-corrected chi connectivity index (χ3v) is 5.14. The van der Waals surface area contributed by atoms with Crippen molar-refractivity contribution in [3.05, 3.63) is 29.6 Å². The van der Waals surface area contributed by atoms with Crippen molar-refractivity contribution in [1.29, 1.82) is 0 Å². The van der Waals surface area contributed by atoms with Gasteiger partial charge in [-0.1, -0.05) is 32.8 Å². The molecule has 0 saturated heterocycles. The lowest BCUT2D eigenvalue weighted by Crippen LogP contribution is -2.24. The molecule has 0 spiro atoms. The molecule has 1 aliphatic rings. The Labute approximate surface area is 126 Å². The molecular formula is C17H24ClFO. The Kier molecular flexibility index (Phi) is 4.95. The molecule has 1 aromatic rings. The van der Waals surface area contributed by atoms with Crippen molar-refractivity contribution in [1.82, 2.24) is 0 Å². The molecule has 1 fully saturated rings. The minimum absolute atomic E-state index is 0.118. The predicted molar refractivity (Wildman–Crippen MR) is 81.9 cm³/mol. The first-order valence-corrected chi connectivity index (χ1v) is 7.90. The number of ether oxygens (including phenoxy) is 1. The van der Waals surface area contributed by atoms with Gasteiger partial charge in [-0.2, -0.15) is 0 Å². The van der Waals surface area contributed by atoms with Crippen molar-refractivity contribution >= 4 is 11.6 Å². The van der Waals surface area contributed by atoms with E-state index < -0.39 is 0 Å². The molecule has 112 valence electrons. The molecule has 0 bridgehead atoms. The molecule has 2 rings (SSSR count). The predicted octanol–water partition coefficient (Wildman–Crippen LogP) is 5.72. The SMILES string of the molecule is COc1ccc(C(Cl)C2(CC(C)C)CCCC2)cc1F. The second kappa shape index (κ2) is 6.34. The molecule has 0 aliphatic heterocycles. The first kappa shape index (κ1) is 15.6. The molecule has 1 nitrogen and oxygen atoms in total. The minimum atomic E-state index is -0.326. The molecule has 0 radical (unpaired) electrons. The fourth-order valence-corrected chi connectivity index (χ4v) is 4.09. The largest absolute Gasteiger partial charge is 0.494 e. The third kappa shape index (κ3) is 3.11. The van der Waals surface area contributed by atoms with E-state index >= 15 is 0 Å². The Morgan fingerprint density at radius 1 is 1.30 bits per heavy atom. The van der Waals surface area contributed by atoms with Gasteiger partial charge in [0.25, 0.3) is 0 Å². The van der Waals surface area contributed by atoms with Crippen molar-refractivity contribution in [2.45, 2.75) is 51.3 Å². The van der Waals surface area contributed by atoms with Gasteiger partial charge in [-0.15, -0.1) is 11.6 Å². The van der Waals surface area contributed by atoms with E-state index in [9.17, 15) is 4.39 Å². The highest BCUT2D eigenvalue weighted by Crippen LogP contribution is 2.54. The van der Waals surface area contributed by atoms with Gasteiger partial charge >= 0.3 is 0 Å². The molecule has 0 heterocycles. The van der Waals surface area contributed by atoms with Crippen LogP contribution in [0.5, 0.6) is 5.75 Å². The van der Waals surface area contributed by atoms with Crippen LogP contribution in [0, 0.1) is 17.2 Å². The molecule has 1 unspecified atom stereocenters. The van der Waals surface area contributed by atoms with Crippen LogP contribution >= 0.6 is 11.6 Å². The number of benzene rings is 1. The van der Waals surface area contributed by atoms with E-state index in [4.69, 9.17) is 16.3 Å². The lowest BCUT2D eigenvalue weighted by molar-refractivity contribution is 0.223. The average Bonchev–Trinajstić information content (AvgIpc) is 2.86. The molecule has 20 heavy (non-hydrogen) atoms. The number of rotatable bonds is 5. The van der Waals surface area contributed by atoms with Crippen molar-refractivity contribution in [2.75, 3.05) is 7.11 Å². The topological polar surface area (TPSA) is 9.23 Å². The Bertz CT molecular complexity index is 452. The Morgan fingerprint density at radius 3 is 2.45 bits per heavy atom. The smallest absolute Gasteiger partial charge is 0.165 e.